The molecule has 0 fully saturated rings. The smallest absolute Gasteiger partial charge is 0.342 e. The van der Waals surface area contributed by atoms with Crippen molar-refractivity contribution >= 4 is 12.0 Å². The van der Waals surface area contributed by atoms with Crippen LogP contribution in [0, 0.1) is 17.8 Å². The third-order valence-corrected chi connectivity index (χ3v) is 4.37. The first-order valence-electron chi connectivity index (χ1n) is 9.40. The van der Waals surface area contributed by atoms with Crippen LogP contribution in [0.5, 0.6) is 0 Å². The fraction of sp³-hybridized carbons (Fsp3) is 0.522. The summed E-state index contributed by atoms with van der Waals surface area (Å²) in [6, 6.07) is 1.73. The van der Waals surface area contributed by atoms with Gasteiger partial charge in [-0.05, 0) is 59.1 Å². The highest BCUT2D eigenvalue weighted by molar-refractivity contribution is 5.91. The van der Waals surface area contributed by atoms with E-state index in [4.69, 9.17) is 9.15 Å². The standard InChI is InChI=1S/C23H30O4/c1-15(2)17-9-7-8-10-18(24)11-16(3)12-19-14-20(21(13-17)26-19)22(25)27-23(4,5)6/h12,14,17-18,24H,1,7,9,11,13H2,2-6H3/b16-12-. The molecule has 2 atom stereocenters. The van der Waals surface area contributed by atoms with Crippen LogP contribution in [-0.4, -0.2) is 22.8 Å². The normalized spacial score (nSPS) is 22.8. The molecule has 2 rings (SSSR count). The molecule has 0 aliphatic carbocycles. The molecule has 2 unspecified atom stereocenters. The van der Waals surface area contributed by atoms with Gasteiger partial charge >= 0.3 is 5.97 Å². The summed E-state index contributed by atoms with van der Waals surface area (Å²) in [4.78, 5) is 12.7. The number of hydrogen-bond donors (Lipinski definition) is 1. The Balaban J connectivity index is 2.45. The summed E-state index contributed by atoms with van der Waals surface area (Å²) in [6.07, 6.45) is 3.61. The van der Waals surface area contributed by atoms with Crippen molar-refractivity contribution in [2.45, 2.75) is 72.0 Å². The van der Waals surface area contributed by atoms with Crippen LogP contribution in [0.1, 0.15) is 75.8 Å². The van der Waals surface area contributed by atoms with Crippen molar-refractivity contribution in [1.29, 1.82) is 0 Å². The van der Waals surface area contributed by atoms with Gasteiger partial charge in [0.25, 0.3) is 0 Å². The molecule has 1 aromatic heterocycles. The van der Waals surface area contributed by atoms with Crippen LogP contribution in [0.3, 0.4) is 0 Å². The maximum absolute atomic E-state index is 12.7. The number of fused-ring (bicyclic) bond motifs is 2. The maximum atomic E-state index is 12.7. The molecule has 2 bridgehead atoms. The summed E-state index contributed by atoms with van der Waals surface area (Å²) in [5.74, 6) is 6.91. The van der Waals surface area contributed by atoms with Gasteiger partial charge in [0.15, 0.2) is 0 Å². The third kappa shape index (κ3) is 6.45. The Morgan fingerprint density at radius 3 is 2.70 bits per heavy atom. The third-order valence-electron chi connectivity index (χ3n) is 4.37. The van der Waals surface area contributed by atoms with E-state index in [0.717, 1.165) is 17.6 Å². The first-order chi connectivity index (χ1) is 12.5. The van der Waals surface area contributed by atoms with Gasteiger partial charge in [0.1, 0.15) is 28.8 Å². The van der Waals surface area contributed by atoms with Crippen LogP contribution >= 0.6 is 0 Å². The molecule has 4 heteroatoms. The predicted molar refractivity (Wildman–Crippen MR) is 107 cm³/mol. The molecule has 4 nitrogen and oxygen atoms in total. The van der Waals surface area contributed by atoms with Crippen molar-refractivity contribution in [3.05, 3.63) is 40.9 Å². The largest absolute Gasteiger partial charge is 0.461 e. The van der Waals surface area contributed by atoms with E-state index in [1.807, 2.05) is 40.7 Å². The molecule has 2 heterocycles. The first-order valence-corrected chi connectivity index (χ1v) is 9.40. The number of allylic oxidation sites excluding steroid dienone is 1. The fourth-order valence-electron chi connectivity index (χ4n) is 3.02. The number of furan rings is 1. The molecule has 27 heavy (non-hydrogen) atoms. The second-order valence-electron chi connectivity index (χ2n) is 8.31. The van der Waals surface area contributed by atoms with E-state index in [1.165, 1.54) is 0 Å². The highest BCUT2D eigenvalue weighted by atomic mass is 16.6. The van der Waals surface area contributed by atoms with E-state index < -0.39 is 11.7 Å². The average Bonchev–Trinajstić information content (AvgIpc) is 2.90. The zero-order valence-corrected chi connectivity index (χ0v) is 17.0. The molecule has 1 N–H and O–H groups in total. The monoisotopic (exact) mass is 370 g/mol. The van der Waals surface area contributed by atoms with Crippen LogP contribution in [-0.2, 0) is 11.2 Å². The van der Waals surface area contributed by atoms with E-state index in [9.17, 15) is 9.90 Å². The van der Waals surface area contributed by atoms with Gasteiger partial charge in [-0.2, -0.15) is 0 Å². The van der Waals surface area contributed by atoms with Gasteiger partial charge in [-0.25, -0.2) is 4.79 Å². The second-order valence-corrected chi connectivity index (χ2v) is 8.31. The van der Waals surface area contributed by atoms with Crippen molar-refractivity contribution in [3.8, 4) is 11.8 Å². The van der Waals surface area contributed by atoms with Gasteiger partial charge in [0.05, 0.1) is 0 Å². The fourth-order valence-corrected chi connectivity index (χ4v) is 3.02. The van der Waals surface area contributed by atoms with E-state index in [0.29, 0.717) is 36.3 Å². The zero-order valence-electron chi connectivity index (χ0n) is 17.0. The highest BCUT2D eigenvalue weighted by Gasteiger charge is 2.25. The Hall–Kier alpha value is -2.25. The Labute approximate surface area is 162 Å². The van der Waals surface area contributed by atoms with Crippen LogP contribution < -0.4 is 0 Å². The predicted octanol–water partition coefficient (Wildman–Crippen LogP) is 4.92. The Morgan fingerprint density at radius 2 is 2.07 bits per heavy atom. The van der Waals surface area contributed by atoms with E-state index in [2.05, 4.69) is 18.4 Å². The Morgan fingerprint density at radius 1 is 1.37 bits per heavy atom. The number of carbonyl (C=O) groups excluding carboxylic acids is 1. The maximum Gasteiger partial charge on any atom is 0.342 e. The van der Waals surface area contributed by atoms with Gasteiger partial charge in [-0.1, -0.05) is 23.6 Å². The lowest BCUT2D eigenvalue weighted by atomic mass is 9.91. The molecule has 0 saturated carbocycles. The molecular formula is C23H30O4. The van der Waals surface area contributed by atoms with Gasteiger partial charge in [-0.15, -0.1) is 5.92 Å². The molecule has 0 aromatic carbocycles. The molecular weight excluding hydrogens is 340 g/mol. The molecule has 1 aliphatic heterocycles. The van der Waals surface area contributed by atoms with E-state index in [1.54, 1.807) is 6.07 Å². The number of esters is 1. The molecule has 0 radical (unpaired) electrons. The molecule has 0 saturated heterocycles. The number of ether oxygens (including phenoxy) is 1. The van der Waals surface area contributed by atoms with Crippen LogP contribution in [0.25, 0.3) is 6.08 Å². The SMILES string of the molecule is C=C(C)C1CCC#CC(O)C/C(C)=C\c2cc(C(=O)OC(C)(C)C)c(o2)C1. The zero-order chi connectivity index (χ0) is 20.2. The number of aliphatic hydroxyl groups is 1. The number of carbonyl (C=O) groups is 1. The number of aliphatic hydroxyl groups excluding tert-OH is 1. The van der Waals surface area contributed by atoms with Gasteiger partial charge in [0, 0.05) is 19.3 Å². The van der Waals surface area contributed by atoms with Crippen LogP contribution in [0.15, 0.2) is 28.2 Å². The van der Waals surface area contributed by atoms with Gasteiger partial charge in [-0.3, -0.25) is 0 Å². The second kappa shape index (κ2) is 8.63. The van der Waals surface area contributed by atoms with Gasteiger partial charge < -0.3 is 14.3 Å². The summed E-state index contributed by atoms with van der Waals surface area (Å²) >= 11 is 0. The lowest BCUT2D eigenvalue weighted by Crippen LogP contribution is -2.24. The van der Waals surface area contributed by atoms with Crippen molar-refractivity contribution in [2.75, 3.05) is 0 Å². The minimum atomic E-state index is -0.704. The molecule has 1 aromatic rings. The van der Waals surface area contributed by atoms with Crippen molar-refractivity contribution < 1.29 is 19.1 Å². The van der Waals surface area contributed by atoms with Crippen LogP contribution in [0.2, 0.25) is 0 Å². The summed E-state index contributed by atoms with van der Waals surface area (Å²) < 4.78 is 11.6. The van der Waals surface area contributed by atoms with Crippen molar-refractivity contribution in [3.63, 3.8) is 0 Å². The number of rotatable bonds is 2. The van der Waals surface area contributed by atoms with E-state index >= 15 is 0 Å². The minimum Gasteiger partial charge on any atom is -0.461 e. The Kier molecular flexibility index (Phi) is 6.73. The average molecular weight is 370 g/mol. The Bertz CT molecular complexity index is 793. The lowest BCUT2D eigenvalue weighted by Gasteiger charge is -2.20. The van der Waals surface area contributed by atoms with Crippen molar-refractivity contribution in [1.82, 2.24) is 0 Å². The minimum absolute atomic E-state index is 0.141. The quantitative estimate of drug-likeness (QED) is 0.456. The molecule has 146 valence electrons. The first kappa shape index (κ1) is 21.1. The molecule has 0 amide bonds. The lowest BCUT2D eigenvalue weighted by molar-refractivity contribution is 0.00670. The molecule has 1 aliphatic rings. The number of hydrogen-bond acceptors (Lipinski definition) is 4. The summed E-state index contributed by atoms with van der Waals surface area (Å²) in [5.41, 5.74) is 1.83. The summed E-state index contributed by atoms with van der Waals surface area (Å²) in [6.45, 7) is 13.5. The van der Waals surface area contributed by atoms with Crippen LogP contribution in [0.4, 0.5) is 0 Å². The molecule has 0 spiro atoms. The highest BCUT2D eigenvalue weighted by Crippen LogP contribution is 2.28. The van der Waals surface area contributed by atoms with Gasteiger partial charge in [0.2, 0.25) is 0 Å². The summed E-state index contributed by atoms with van der Waals surface area (Å²) in [5, 5.41) is 10.1. The van der Waals surface area contributed by atoms with E-state index in [-0.39, 0.29) is 11.9 Å². The van der Waals surface area contributed by atoms with Crippen molar-refractivity contribution in [2.24, 2.45) is 5.92 Å². The topological polar surface area (TPSA) is 59.7 Å². The summed E-state index contributed by atoms with van der Waals surface area (Å²) in [7, 11) is 0.